The standard InChI is InChI=1S/C31H41Cl2N3O4S/c1-22(31(37)34-17-16-23-8-11-25(12-9-23)35-18-4-5-19-35)40-21-26-13-10-24-6-2-3-7-30(24)36(26)41(38,39)27-14-15-28(32)29(33)20-27/h2-3,6-7,14-15,20,22-23,25-26H,4-5,8-13,16-19,21H2,1H3,(H,34,37). The molecule has 7 nitrogen and oxygen atoms in total. The van der Waals surface area contributed by atoms with Gasteiger partial charge in [0, 0.05) is 12.6 Å². The van der Waals surface area contributed by atoms with Crippen LogP contribution in [0, 0.1) is 5.92 Å². The number of fused-ring (bicyclic) bond motifs is 1. The summed E-state index contributed by atoms with van der Waals surface area (Å²) in [7, 11) is -3.96. The Morgan fingerprint density at radius 1 is 1.02 bits per heavy atom. The van der Waals surface area contributed by atoms with Crippen molar-refractivity contribution >= 4 is 44.8 Å². The number of likely N-dealkylation sites (tertiary alicyclic amines) is 1. The Hall–Kier alpha value is -1.84. The molecular weight excluding hydrogens is 581 g/mol. The van der Waals surface area contributed by atoms with E-state index >= 15 is 0 Å². The van der Waals surface area contributed by atoms with Gasteiger partial charge in [0.1, 0.15) is 6.10 Å². The van der Waals surface area contributed by atoms with E-state index in [1.807, 2.05) is 24.3 Å². The Balaban J connectivity index is 1.15. The van der Waals surface area contributed by atoms with E-state index in [0.717, 1.165) is 24.4 Å². The predicted octanol–water partition coefficient (Wildman–Crippen LogP) is 6.07. The van der Waals surface area contributed by atoms with Crippen LogP contribution in [0.5, 0.6) is 0 Å². The SMILES string of the molecule is CC(OCC1CCc2ccccc2N1S(=O)(=O)c1ccc(Cl)c(Cl)c1)C(=O)NCCC1CCC(N2CCCC2)CC1. The van der Waals surface area contributed by atoms with Crippen LogP contribution in [0.15, 0.2) is 47.4 Å². The lowest BCUT2D eigenvalue weighted by Crippen LogP contribution is -2.47. The number of nitrogens with one attached hydrogen (secondary N) is 1. The molecule has 2 unspecified atom stereocenters. The van der Waals surface area contributed by atoms with Crippen molar-refractivity contribution in [2.45, 2.75) is 87.8 Å². The minimum absolute atomic E-state index is 0.0638. The highest BCUT2D eigenvalue weighted by Gasteiger charge is 2.37. The van der Waals surface area contributed by atoms with Crippen molar-refractivity contribution in [2.75, 3.05) is 30.5 Å². The van der Waals surface area contributed by atoms with Gasteiger partial charge in [0.15, 0.2) is 0 Å². The maximum atomic E-state index is 13.9. The molecule has 41 heavy (non-hydrogen) atoms. The monoisotopic (exact) mass is 621 g/mol. The molecule has 224 valence electrons. The summed E-state index contributed by atoms with van der Waals surface area (Å²) in [5.41, 5.74) is 1.57. The number of amides is 1. The third-order valence-corrected chi connectivity index (χ3v) is 11.6. The first-order chi connectivity index (χ1) is 19.7. The Kier molecular flexibility index (Phi) is 10.2. The summed E-state index contributed by atoms with van der Waals surface area (Å²) in [6, 6.07) is 12.1. The highest BCUT2D eigenvalue weighted by atomic mass is 35.5. The molecule has 0 bridgehead atoms. The zero-order chi connectivity index (χ0) is 29.0. The number of carbonyl (C=O) groups is 1. The fourth-order valence-corrected chi connectivity index (χ4v) is 8.67. The number of halogens is 2. The van der Waals surface area contributed by atoms with Gasteiger partial charge in [-0.2, -0.15) is 0 Å². The van der Waals surface area contributed by atoms with Crippen molar-refractivity contribution in [2.24, 2.45) is 5.92 Å². The summed E-state index contributed by atoms with van der Waals surface area (Å²) in [5.74, 6) is 0.499. The number of nitrogens with zero attached hydrogens (tertiary/aromatic N) is 2. The second kappa shape index (κ2) is 13.6. The lowest BCUT2D eigenvalue weighted by Gasteiger charge is -2.38. The van der Waals surface area contributed by atoms with Crippen molar-refractivity contribution < 1.29 is 17.9 Å². The quantitative estimate of drug-likeness (QED) is 0.348. The molecule has 3 aliphatic rings. The minimum Gasteiger partial charge on any atom is -0.367 e. The fraction of sp³-hybridized carbons (Fsp3) is 0.581. The van der Waals surface area contributed by atoms with Gasteiger partial charge < -0.3 is 15.0 Å². The van der Waals surface area contributed by atoms with Crippen molar-refractivity contribution in [3.05, 3.63) is 58.1 Å². The highest BCUT2D eigenvalue weighted by Crippen LogP contribution is 2.37. The molecule has 1 saturated heterocycles. The Morgan fingerprint density at radius 2 is 1.76 bits per heavy atom. The molecule has 2 atom stereocenters. The Labute approximate surface area is 254 Å². The van der Waals surface area contributed by atoms with Crippen LogP contribution in [-0.2, 0) is 26.0 Å². The molecule has 1 amide bonds. The van der Waals surface area contributed by atoms with Crippen LogP contribution in [-0.4, -0.2) is 63.7 Å². The van der Waals surface area contributed by atoms with Crippen molar-refractivity contribution in [3.8, 4) is 0 Å². The Bertz CT molecular complexity index is 1310. The number of para-hydroxylation sites is 1. The first kappa shape index (κ1) is 30.6. The van der Waals surface area contributed by atoms with Crippen molar-refractivity contribution in [1.82, 2.24) is 10.2 Å². The van der Waals surface area contributed by atoms with Gasteiger partial charge in [-0.05, 0) is 114 Å². The van der Waals surface area contributed by atoms with Gasteiger partial charge in [-0.1, -0.05) is 41.4 Å². The average Bonchev–Trinajstić information content (AvgIpc) is 3.52. The molecule has 5 rings (SSSR count). The van der Waals surface area contributed by atoms with Gasteiger partial charge in [0.05, 0.1) is 33.3 Å². The molecule has 2 fully saturated rings. The molecular formula is C31H41Cl2N3O4S. The molecule has 2 aliphatic heterocycles. The number of ether oxygens (including phenoxy) is 1. The first-order valence-corrected chi connectivity index (χ1v) is 17.1. The lowest BCUT2D eigenvalue weighted by molar-refractivity contribution is -0.132. The predicted molar refractivity (Wildman–Crippen MR) is 164 cm³/mol. The van der Waals surface area contributed by atoms with Crippen LogP contribution in [0.25, 0.3) is 0 Å². The smallest absolute Gasteiger partial charge is 0.264 e. The second-order valence-corrected chi connectivity index (χ2v) is 14.3. The van der Waals surface area contributed by atoms with Crippen LogP contribution in [0.3, 0.4) is 0 Å². The van der Waals surface area contributed by atoms with Crippen LogP contribution in [0.4, 0.5) is 5.69 Å². The maximum Gasteiger partial charge on any atom is 0.264 e. The molecule has 0 aromatic heterocycles. The molecule has 10 heteroatoms. The average molecular weight is 623 g/mol. The molecule has 1 N–H and O–H groups in total. The second-order valence-electron chi connectivity index (χ2n) is 11.7. The summed E-state index contributed by atoms with van der Waals surface area (Å²) in [6.45, 7) is 4.99. The van der Waals surface area contributed by atoms with Gasteiger partial charge >= 0.3 is 0 Å². The van der Waals surface area contributed by atoms with Crippen LogP contribution in [0.2, 0.25) is 10.0 Å². The number of aryl methyl sites for hydroxylation is 1. The molecule has 1 saturated carbocycles. The highest BCUT2D eigenvalue weighted by molar-refractivity contribution is 7.92. The van der Waals surface area contributed by atoms with Gasteiger partial charge in [-0.3, -0.25) is 9.10 Å². The topological polar surface area (TPSA) is 78.9 Å². The lowest BCUT2D eigenvalue weighted by atomic mass is 9.83. The number of hydrogen-bond donors (Lipinski definition) is 1. The number of rotatable bonds is 10. The number of anilines is 1. The number of benzene rings is 2. The normalized spacial score (nSPS) is 24.2. The van der Waals surface area contributed by atoms with Gasteiger partial charge in [0.2, 0.25) is 5.91 Å². The molecule has 0 spiro atoms. The van der Waals surface area contributed by atoms with E-state index in [1.165, 1.54) is 74.1 Å². The van der Waals surface area contributed by atoms with E-state index in [0.29, 0.717) is 29.6 Å². The van der Waals surface area contributed by atoms with Crippen molar-refractivity contribution in [3.63, 3.8) is 0 Å². The molecule has 2 aromatic carbocycles. The molecule has 1 aliphatic carbocycles. The van der Waals surface area contributed by atoms with E-state index in [4.69, 9.17) is 27.9 Å². The summed E-state index contributed by atoms with van der Waals surface area (Å²) in [4.78, 5) is 15.6. The summed E-state index contributed by atoms with van der Waals surface area (Å²) in [6.07, 6.45) is 9.27. The van der Waals surface area contributed by atoms with Gasteiger partial charge in [-0.15, -0.1) is 0 Å². The third kappa shape index (κ3) is 7.21. The van der Waals surface area contributed by atoms with Crippen LogP contribution >= 0.6 is 23.2 Å². The molecule has 0 radical (unpaired) electrons. The Morgan fingerprint density at radius 3 is 2.49 bits per heavy atom. The fourth-order valence-electron chi connectivity index (χ4n) is 6.58. The van der Waals surface area contributed by atoms with Crippen LogP contribution < -0.4 is 9.62 Å². The number of hydrogen-bond acceptors (Lipinski definition) is 5. The zero-order valence-corrected chi connectivity index (χ0v) is 26.1. The maximum absolute atomic E-state index is 13.9. The summed E-state index contributed by atoms with van der Waals surface area (Å²) >= 11 is 12.2. The number of carbonyl (C=O) groups excluding carboxylic acids is 1. The first-order valence-electron chi connectivity index (χ1n) is 14.9. The minimum atomic E-state index is -3.96. The molecule has 2 aromatic rings. The van der Waals surface area contributed by atoms with E-state index < -0.39 is 22.2 Å². The van der Waals surface area contributed by atoms with Crippen molar-refractivity contribution in [1.29, 1.82) is 0 Å². The largest absolute Gasteiger partial charge is 0.367 e. The van der Waals surface area contributed by atoms with E-state index in [2.05, 4.69) is 10.2 Å². The van der Waals surface area contributed by atoms with Crippen LogP contribution in [0.1, 0.15) is 63.9 Å². The third-order valence-electron chi connectivity index (χ3n) is 8.99. The van der Waals surface area contributed by atoms with Gasteiger partial charge in [0.25, 0.3) is 10.0 Å². The van der Waals surface area contributed by atoms with Gasteiger partial charge in [-0.25, -0.2) is 8.42 Å². The zero-order valence-electron chi connectivity index (χ0n) is 23.7. The van der Waals surface area contributed by atoms with E-state index in [1.54, 1.807) is 6.92 Å². The number of sulfonamides is 1. The molecule has 2 heterocycles. The van der Waals surface area contributed by atoms with E-state index in [9.17, 15) is 13.2 Å². The summed E-state index contributed by atoms with van der Waals surface area (Å²) in [5, 5.41) is 3.51. The summed E-state index contributed by atoms with van der Waals surface area (Å²) < 4.78 is 35.2. The van der Waals surface area contributed by atoms with E-state index in [-0.39, 0.29) is 22.4 Å².